The first-order valence-electron chi connectivity index (χ1n) is 6.61. The van der Waals surface area contributed by atoms with Crippen LogP contribution in [0.4, 0.5) is 0 Å². The number of hydrogen-bond donors (Lipinski definition) is 1. The highest BCUT2D eigenvalue weighted by Crippen LogP contribution is 2.29. The van der Waals surface area contributed by atoms with Gasteiger partial charge in [0.2, 0.25) is 0 Å². The van der Waals surface area contributed by atoms with Crippen LogP contribution >= 0.6 is 0 Å². The van der Waals surface area contributed by atoms with E-state index >= 15 is 0 Å². The van der Waals surface area contributed by atoms with Gasteiger partial charge in [-0.25, -0.2) is 0 Å². The first kappa shape index (κ1) is 13.0. The molecule has 0 heterocycles. The van der Waals surface area contributed by atoms with E-state index in [1.54, 1.807) is 0 Å². The van der Waals surface area contributed by atoms with Gasteiger partial charge in [0, 0.05) is 18.6 Å². The predicted octanol–water partition coefficient (Wildman–Crippen LogP) is 2.49. The zero-order valence-electron chi connectivity index (χ0n) is 10.9. The van der Waals surface area contributed by atoms with Crippen LogP contribution in [0.25, 0.3) is 0 Å². The summed E-state index contributed by atoms with van der Waals surface area (Å²) in [5.74, 6) is 0.831. The second-order valence-corrected chi connectivity index (χ2v) is 5.31. The van der Waals surface area contributed by atoms with Crippen molar-refractivity contribution in [1.29, 1.82) is 0 Å². The Hall–Kier alpha value is -0.0800. The quantitative estimate of drug-likeness (QED) is 0.665. The molecule has 90 valence electrons. The number of nitrogens with one attached hydrogen (secondary N) is 1. The van der Waals surface area contributed by atoms with Crippen molar-refractivity contribution in [3.8, 4) is 0 Å². The Labute approximate surface area is 95.4 Å². The van der Waals surface area contributed by atoms with E-state index in [0.717, 1.165) is 25.0 Å². The summed E-state index contributed by atoms with van der Waals surface area (Å²) in [7, 11) is 0. The van der Waals surface area contributed by atoms with Gasteiger partial charge < -0.3 is 5.32 Å². The van der Waals surface area contributed by atoms with E-state index in [1.165, 1.54) is 25.8 Å². The lowest BCUT2D eigenvalue weighted by molar-refractivity contribution is 0.184. The molecule has 0 aromatic rings. The summed E-state index contributed by atoms with van der Waals surface area (Å²) in [6.45, 7) is 12.7. The predicted molar refractivity (Wildman–Crippen MR) is 67.2 cm³/mol. The van der Waals surface area contributed by atoms with Crippen molar-refractivity contribution in [1.82, 2.24) is 10.2 Å². The van der Waals surface area contributed by atoms with Gasteiger partial charge in [-0.15, -0.1) is 0 Å². The molecule has 1 rings (SSSR count). The normalized spacial score (nSPS) is 18.8. The number of rotatable bonds is 8. The molecule has 0 aromatic heterocycles. The fourth-order valence-electron chi connectivity index (χ4n) is 2.05. The van der Waals surface area contributed by atoms with Gasteiger partial charge in [-0.2, -0.15) is 0 Å². The lowest BCUT2D eigenvalue weighted by atomic mass is 10.1. The zero-order chi connectivity index (χ0) is 11.3. The number of likely N-dealkylation sites (N-methyl/N-ethyl adjacent to an activating group) is 1. The Morgan fingerprint density at radius 3 is 2.40 bits per heavy atom. The van der Waals surface area contributed by atoms with Gasteiger partial charge in [0.15, 0.2) is 0 Å². The van der Waals surface area contributed by atoms with Crippen LogP contribution in [0.1, 0.15) is 47.0 Å². The molecule has 0 saturated heterocycles. The molecule has 1 saturated carbocycles. The molecule has 1 aliphatic carbocycles. The minimum Gasteiger partial charge on any atom is -0.315 e. The molecule has 1 atom stereocenters. The number of hydrogen-bond acceptors (Lipinski definition) is 2. The van der Waals surface area contributed by atoms with Crippen LogP contribution in [0.3, 0.4) is 0 Å². The lowest BCUT2D eigenvalue weighted by Crippen LogP contribution is -2.42. The first-order chi connectivity index (χ1) is 7.15. The smallest absolute Gasteiger partial charge is 0.0195 e. The Morgan fingerprint density at radius 1 is 1.27 bits per heavy atom. The molecule has 0 radical (unpaired) electrons. The molecule has 2 heteroatoms. The molecule has 0 aliphatic heterocycles. The third-order valence-electron chi connectivity index (χ3n) is 3.24. The minimum absolute atomic E-state index is 0.705. The van der Waals surface area contributed by atoms with Gasteiger partial charge in [-0.3, -0.25) is 4.90 Å². The van der Waals surface area contributed by atoms with Gasteiger partial charge in [0.05, 0.1) is 0 Å². The monoisotopic (exact) mass is 212 g/mol. The fraction of sp³-hybridized carbons (Fsp3) is 1.00. The van der Waals surface area contributed by atoms with Crippen LogP contribution in [-0.4, -0.2) is 36.6 Å². The standard InChI is InChI=1S/C13H28N2/c1-5-14-10-12(4)15(13-6-7-13)9-8-11(2)3/h11-14H,5-10H2,1-4H3. The van der Waals surface area contributed by atoms with Crippen LogP contribution in [0.15, 0.2) is 0 Å². The largest absolute Gasteiger partial charge is 0.315 e. The zero-order valence-corrected chi connectivity index (χ0v) is 10.9. The molecule has 1 aliphatic rings. The van der Waals surface area contributed by atoms with E-state index in [-0.39, 0.29) is 0 Å². The van der Waals surface area contributed by atoms with Crippen LogP contribution < -0.4 is 5.32 Å². The maximum absolute atomic E-state index is 3.46. The van der Waals surface area contributed by atoms with Crippen molar-refractivity contribution in [3.63, 3.8) is 0 Å². The van der Waals surface area contributed by atoms with E-state index in [0.29, 0.717) is 6.04 Å². The van der Waals surface area contributed by atoms with Gasteiger partial charge in [0.1, 0.15) is 0 Å². The number of nitrogens with zero attached hydrogens (tertiary/aromatic N) is 1. The van der Waals surface area contributed by atoms with Crippen LogP contribution in [-0.2, 0) is 0 Å². The molecule has 0 amide bonds. The molecule has 15 heavy (non-hydrogen) atoms. The SMILES string of the molecule is CCNCC(C)N(CCC(C)C)C1CC1. The van der Waals surface area contributed by atoms with Gasteiger partial charge in [-0.05, 0) is 45.2 Å². The molecule has 1 fully saturated rings. The van der Waals surface area contributed by atoms with Crippen LogP contribution in [0.2, 0.25) is 0 Å². The second kappa shape index (κ2) is 6.49. The summed E-state index contributed by atoms with van der Waals surface area (Å²) in [5, 5.41) is 3.46. The van der Waals surface area contributed by atoms with Crippen LogP contribution in [0, 0.1) is 5.92 Å². The third kappa shape index (κ3) is 4.98. The van der Waals surface area contributed by atoms with Crippen molar-refractivity contribution in [2.75, 3.05) is 19.6 Å². The van der Waals surface area contributed by atoms with Crippen molar-refractivity contribution in [2.24, 2.45) is 5.92 Å². The molecule has 0 spiro atoms. The molecular weight excluding hydrogens is 184 g/mol. The Bertz CT molecular complexity index is 164. The Balaban J connectivity index is 2.28. The summed E-state index contributed by atoms with van der Waals surface area (Å²) in [5.41, 5.74) is 0. The van der Waals surface area contributed by atoms with Crippen molar-refractivity contribution in [2.45, 2.75) is 59.0 Å². The molecule has 0 aromatic carbocycles. The van der Waals surface area contributed by atoms with E-state index in [2.05, 4.69) is 37.9 Å². The lowest BCUT2D eigenvalue weighted by Gasteiger charge is -2.30. The van der Waals surface area contributed by atoms with Gasteiger partial charge in [-0.1, -0.05) is 20.8 Å². The van der Waals surface area contributed by atoms with E-state index in [1.807, 2.05) is 0 Å². The van der Waals surface area contributed by atoms with E-state index < -0.39 is 0 Å². The molecule has 0 bridgehead atoms. The maximum Gasteiger partial charge on any atom is 0.0195 e. The maximum atomic E-state index is 3.46. The summed E-state index contributed by atoms with van der Waals surface area (Å²) < 4.78 is 0. The highest BCUT2D eigenvalue weighted by atomic mass is 15.2. The van der Waals surface area contributed by atoms with Gasteiger partial charge >= 0.3 is 0 Å². The van der Waals surface area contributed by atoms with Crippen molar-refractivity contribution >= 4 is 0 Å². The third-order valence-corrected chi connectivity index (χ3v) is 3.24. The summed E-state index contributed by atoms with van der Waals surface area (Å²) in [6.07, 6.45) is 4.19. The average molecular weight is 212 g/mol. The van der Waals surface area contributed by atoms with Gasteiger partial charge in [0.25, 0.3) is 0 Å². The first-order valence-corrected chi connectivity index (χ1v) is 6.61. The van der Waals surface area contributed by atoms with Crippen molar-refractivity contribution < 1.29 is 0 Å². The average Bonchev–Trinajstić information content (AvgIpc) is 2.98. The minimum atomic E-state index is 0.705. The summed E-state index contributed by atoms with van der Waals surface area (Å²) in [4.78, 5) is 2.71. The van der Waals surface area contributed by atoms with Crippen molar-refractivity contribution in [3.05, 3.63) is 0 Å². The highest BCUT2D eigenvalue weighted by molar-refractivity contribution is 4.88. The van der Waals surface area contributed by atoms with E-state index in [9.17, 15) is 0 Å². The molecule has 1 N–H and O–H groups in total. The topological polar surface area (TPSA) is 15.3 Å². The Kier molecular flexibility index (Phi) is 5.62. The van der Waals surface area contributed by atoms with E-state index in [4.69, 9.17) is 0 Å². The summed E-state index contributed by atoms with van der Waals surface area (Å²) >= 11 is 0. The summed E-state index contributed by atoms with van der Waals surface area (Å²) in [6, 6.07) is 1.61. The highest BCUT2D eigenvalue weighted by Gasteiger charge is 2.31. The Morgan fingerprint density at radius 2 is 1.93 bits per heavy atom. The fourth-order valence-corrected chi connectivity index (χ4v) is 2.05. The molecule has 1 unspecified atom stereocenters. The second-order valence-electron chi connectivity index (χ2n) is 5.31. The van der Waals surface area contributed by atoms with Crippen LogP contribution in [0.5, 0.6) is 0 Å². The molecule has 2 nitrogen and oxygen atoms in total. The molecular formula is C13H28N2.